The van der Waals surface area contributed by atoms with Gasteiger partial charge in [0.2, 0.25) is 0 Å². The zero-order valence-corrected chi connectivity index (χ0v) is 12.2. The molecule has 2 amide bonds. The lowest BCUT2D eigenvalue weighted by atomic mass is 10.1. The second-order valence-electron chi connectivity index (χ2n) is 4.93. The minimum atomic E-state index is -0.567. The van der Waals surface area contributed by atoms with Crippen LogP contribution in [0.3, 0.4) is 0 Å². The predicted octanol–water partition coefficient (Wildman–Crippen LogP) is 1.99. The fraction of sp³-hybridized carbons (Fsp3) is 0.0714. The second kappa shape index (κ2) is 6.48. The van der Waals surface area contributed by atoms with Crippen LogP contribution in [0, 0.1) is 15.9 Å². The van der Waals surface area contributed by atoms with Crippen molar-refractivity contribution in [2.45, 2.75) is 6.17 Å². The number of hydrogen-bond acceptors (Lipinski definition) is 6. The monoisotopic (exact) mass is 332 g/mol. The van der Waals surface area contributed by atoms with Crippen molar-refractivity contribution in [1.29, 1.82) is 0 Å². The van der Waals surface area contributed by atoms with Gasteiger partial charge in [0.1, 0.15) is 17.7 Å². The molecule has 0 saturated heterocycles. The van der Waals surface area contributed by atoms with Gasteiger partial charge in [-0.3, -0.25) is 15.5 Å². The number of benzene rings is 2. The number of anilines is 2. The molecule has 10 heteroatoms. The molecule has 1 atom stereocenters. The molecule has 0 aliphatic carbocycles. The highest BCUT2D eigenvalue weighted by Crippen LogP contribution is 2.34. The lowest BCUT2D eigenvalue weighted by molar-refractivity contribution is -0.384. The van der Waals surface area contributed by atoms with Gasteiger partial charge in [0.15, 0.2) is 0 Å². The number of halogens is 1. The van der Waals surface area contributed by atoms with Gasteiger partial charge in [-0.25, -0.2) is 20.0 Å². The van der Waals surface area contributed by atoms with E-state index in [1.807, 2.05) is 0 Å². The van der Waals surface area contributed by atoms with Gasteiger partial charge in [-0.1, -0.05) is 12.1 Å². The van der Waals surface area contributed by atoms with Crippen molar-refractivity contribution < 1.29 is 14.1 Å². The molecule has 0 aromatic heterocycles. The largest absolute Gasteiger partial charge is 0.333 e. The molecule has 1 unspecified atom stereocenters. The summed E-state index contributed by atoms with van der Waals surface area (Å²) in [6.45, 7) is 0. The van der Waals surface area contributed by atoms with Crippen LogP contribution < -0.4 is 27.0 Å². The van der Waals surface area contributed by atoms with E-state index in [4.69, 9.17) is 0 Å². The van der Waals surface area contributed by atoms with Gasteiger partial charge >= 0.3 is 6.03 Å². The van der Waals surface area contributed by atoms with Crippen LogP contribution in [-0.2, 0) is 0 Å². The van der Waals surface area contributed by atoms with Gasteiger partial charge in [0.25, 0.3) is 5.69 Å². The summed E-state index contributed by atoms with van der Waals surface area (Å²) in [6, 6.07) is 9.34. The molecule has 3 rings (SSSR count). The Bertz CT molecular complexity index is 783. The van der Waals surface area contributed by atoms with E-state index in [9.17, 15) is 19.3 Å². The first-order valence-corrected chi connectivity index (χ1v) is 6.91. The third-order valence-corrected chi connectivity index (χ3v) is 3.36. The van der Waals surface area contributed by atoms with Crippen LogP contribution in [0.15, 0.2) is 42.5 Å². The van der Waals surface area contributed by atoms with E-state index in [0.717, 1.165) is 0 Å². The van der Waals surface area contributed by atoms with E-state index in [0.29, 0.717) is 16.9 Å². The molecule has 5 N–H and O–H groups in total. The van der Waals surface area contributed by atoms with Crippen LogP contribution >= 0.6 is 0 Å². The first-order valence-electron chi connectivity index (χ1n) is 6.91. The number of nitro groups is 1. The summed E-state index contributed by atoms with van der Waals surface area (Å²) in [5.74, 6) is -0.404. The third-order valence-electron chi connectivity index (χ3n) is 3.36. The van der Waals surface area contributed by atoms with Crippen LogP contribution in [0.25, 0.3) is 0 Å². The van der Waals surface area contributed by atoms with Crippen molar-refractivity contribution >= 4 is 23.1 Å². The highest BCUT2D eigenvalue weighted by Gasteiger charge is 2.28. The first-order chi connectivity index (χ1) is 11.5. The Labute approximate surface area is 135 Å². The Kier molecular flexibility index (Phi) is 4.22. The number of nitro benzene ring substituents is 1. The average Bonchev–Trinajstić information content (AvgIpc) is 2.98. The number of hydrogen-bond donors (Lipinski definition) is 5. The summed E-state index contributed by atoms with van der Waals surface area (Å²) in [4.78, 5) is 22.3. The maximum Gasteiger partial charge on any atom is 0.333 e. The number of urea groups is 1. The number of fused-ring (bicyclic) bond motifs is 1. The minimum absolute atomic E-state index is 0.0694. The molecule has 0 bridgehead atoms. The second-order valence-corrected chi connectivity index (χ2v) is 4.93. The van der Waals surface area contributed by atoms with E-state index in [-0.39, 0.29) is 5.69 Å². The number of nitrogens with one attached hydrogen (secondary N) is 5. The average molecular weight is 332 g/mol. The van der Waals surface area contributed by atoms with Crippen LogP contribution in [0.4, 0.5) is 26.2 Å². The lowest BCUT2D eigenvalue weighted by Gasteiger charge is -2.14. The molecule has 9 nitrogen and oxygen atoms in total. The Balaban J connectivity index is 1.61. The number of carbonyl (C=O) groups is 1. The van der Waals surface area contributed by atoms with Crippen LogP contribution in [0.1, 0.15) is 11.7 Å². The summed E-state index contributed by atoms with van der Waals surface area (Å²) in [6.07, 6.45) is -0.557. The normalized spacial score (nSPS) is 15.3. The van der Waals surface area contributed by atoms with Crippen LogP contribution in [-0.4, -0.2) is 11.0 Å². The standard InChI is InChI=1S/C14H13FN6O3/c15-8-4-6-9(7-5-8)16-14(22)20-19-13-10-2-1-3-11(21(23)24)12(10)17-18-13/h1-7,13,17-19H,(H2,16,20,22). The molecular weight excluding hydrogens is 319 g/mol. The van der Waals surface area contributed by atoms with E-state index in [2.05, 4.69) is 27.0 Å². The molecule has 124 valence electrons. The zero-order chi connectivity index (χ0) is 17.1. The Morgan fingerprint density at radius 1 is 1.21 bits per heavy atom. The molecule has 1 aliphatic heterocycles. The summed E-state index contributed by atoms with van der Waals surface area (Å²) >= 11 is 0. The third kappa shape index (κ3) is 3.24. The summed E-state index contributed by atoms with van der Waals surface area (Å²) in [7, 11) is 0. The highest BCUT2D eigenvalue weighted by molar-refractivity contribution is 5.88. The molecule has 0 saturated carbocycles. The molecule has 1 aliphatic rings. The van der Waals surface area contributed by atoms with E-state index >= 15 is 0 Å². The van der Waals surface area contributed by atoms with Gasteiger partial charge in [-0.2, -0.15) is 0 Å². The van der Waals surface area contributed by atoms with E-state index in [1.165, 1.54) is 30.3 Å². The van der Waals surface area contributed by atoms with Gasteiger partial charge < -0.3 is 10.7 Å². The van der Waals surface area contributed by atoms with Gasteiger partial charge in [0.05, 0.1) is 4.92 Å². The fourth-order valence-corrected chi connectivity index (χ4v) is 2.26. The summed E-state index contributed by atoms with van der Waals surface area (Å²) in [5, 5.41) is 13.5. The SMILES string of the molecule is O=C(NNC1NNc2c1cccc2[N+](=O)[O-])Nc1ccc(F)cc1. The van der Waals surface area contributed by atoms with Crippen LogP contribution in [0.5, 0.6) is 0 Å². The predicted molar refractivity (Wildman–Crippen MR) is 84.3 cm³/mol. The molecule has 2 aromatic carbocycles. The van der Waals surface area contributed by atoms with Crippen molar-refractivity contribution in [3.05, 3.63) is 64.0 Å². The number of para-hydroxylation sites is 1. The lowest BCUT2D eigenvalue weighted by Crippen LogP contribution is -2.46. The molecule has 0 radical (unpaired) electrons. The van der Waals surface area contributed by atoms with Gasteiger partial charge in [-0.15, -0.1) is 0 Å². The molecule has 2 aromatic rings. The number of carbonyl (C=O) groups excluding carboxylic acids is 1. The zero-order valence-electron chi connectivity index (χ0n) is 12.2. The summed E-state index contributed by atoms with van der Waals surface area (Å²) in [5.41, 5.74) is 11.9. The highest BCUT2D eigenvalue weighted by atomic mass is 19.1. The molecule has 1 heterocycles. The first kappa shape index (κ1) is 15.6. The Hall–Kier alpha value is -3.24. The minimum Gasteiger partial charge on any atom is -0.313 e. The maximum absolute atomic E-state index is 12.8. The Morgan fingerprint density at radius 3 is 2.67 bits per heavy atom. The number of amides is 2. The number of nitrogens with zero attached hydrogens (tertiary/aromatic N) is 1. The van der Waals surface area contributed by atoms with Crippen molar-refractivity contribution in [1.82, 2.24) is 16.3 Å². The maximum atomic E-state index is 12.8. The summed E-state index contributed by atoms with van der Waals surface area (Å²) < 4.78 is 12.8. The molecule has 0 spiro atoms. The van der Waals surface area contributed by atoms with E-state index < -0.39 is 22.9 Å². The quantitative estimate of drug-likeness (QED) is 0.431. The van der Waals surface area contributed by atoms with Crippen molar-refractivity contribution in [2.24, 2.45) is 0 Å². The molecule has 0 fully saturated rings. The Morgan fingerprint density at radius 2 is 1.96 bits per heavy atom. The topological polar surface area (TPSA) is 120 Å². The fourth-order valence-electron chi connectivity index (χ4n) is 2.26. The van der Waals surface area contributed by atoms with Gasteiger partial charge in [0, 0.05) is 17.3 Å². The van der Waals surface area contributed by atoms with Crippen LogP contribution in [0.2, 0.25) is 0 Å². The van der Waals surface area contributed by atoms with Crippen molar-refractivity contribution in [2.75, 3.05) is 10.7 Å². The molecular formula is C14H13FN6O3. The smallest absolute Gasteiger partial charge is 0.313 e. The number of rotatable bonds is 4. The van der Waals surface area contributed by atoms with Crippen molar-refractivity contribution in [3.8, 4) is 0 Å². The van der Waals surface area contributed by atoms with Crippen molar-refractivity contribution in [3.63, 3.8) is 0 Å². The van der Waals surface area contributed by atoms with E-state index in [1.54, 1.807) is 12.1 Å². The molecule has 24 heavy (non-hydrogen) atoms. The number of hydrazine groups is 2. The van der Waals surface area contributed by atoms with Gasteiger partial charge in [-0.05, 0) is 24.3 Å².